The Kier molecular flexibility index (Phi) is 6.15. The number of rotatable bonds is 2. The van der Waals surface area contributed by atoms with E-state index >= 15 is 0 Å². The minimum absolute atomic E-state index is 0.0139. The zero-order chi connectivity index (χ0) is 26.0. The largest absolute Gasteiger partial charge is 0.480 e. The number of hydrogen-bond acceptors (Lipinski definition) is 6. The number of fused-ring (bicyclic) bond motifs is 2. The van der Waals surface area contributed by atoms with E-state index in [0.29, 0.717) is 12.8 Å². The van der Waals surface area contributed by atoms with Gasteiger partial charge in [0.05, 0.1) is 0 Å². The number of likely N-dealkylation sites (tertiary alicyclic amines) is 2. The van der Waals surface area contributed by atoms with Crippen LogP contribution in [0.15, 0.2) is 0 Å². The molecule has 0 spiro atoms. The molecule has 10 heteroatoms. The lowest BCUT2D eigenvalue weighted by molar-refractivity contribution is -0.143. The van der Waals surface area contributed by atoms with E-state index in [1.165, 1.54) is 9.80 Å². The first-order valence-electron chi connectivity index (χ1n) is 11.8. The molecule has 2 aliphatic heterocycles. The number of hydrogen-bond donors (Lipinski definition) is 2. The van der Waals surface area contributed by atoms with E-state index in [9.17, 15) is 19.2 Å². The maximum atomic E-state index is 12.0. The molecule has 4 rings (SSSR count). The predicted octanol–water partition coefficient (Wildman–Crippen LogP) is 3.72. The summed E-state index contributed by atoms with van der Waals surface area (Å²) in [4.78, 5) is 49.1. The lowest BCUT2D eigenvalue weighted by atomic mass is 10.0. The van der Waals surface area contributed by atoms with Crippen LogP contribution in [0.25, 0.3) is 0 Å². The Morgan fingerprint density at radius 3 is 1.21 bits per heavy atom. The van der Waals surface area contributed by atoms with Crippen molar-refractivity contribution in [3.63, 3.8) is 0 Å². The SMILES string of the molecule is CC(C)(C)OC(=O)N1[C@@H](C(=O)O)C[C@]2(C)C[C@H]12.CC(C)(C)OC(=O)N1[C@H](C(=O)O)C[C@@]2(C)C[C@@H]12. The Balaban J connectivity index is 0.000000191. The molecule has 10 nitrogen and oxygen atoms in total. The van der Waals surface area contributed by atoms with E-state index in [1.54, 1.807) is 41.5 Å². The molecule has 4 fully saturated rings. The topological polar surface area (TPSA) is 134 Å². The number of carboxylic acid groups (broad SMARTS) is 2. The minimum atomic E-state index is -0.940. The van der Waals surface area contributed by atoms with E-state index in [2.05, 4.69) is 0 Å². The smallest absolute Gasteiger partial charge is 0.411 e. The first-order chi connectivity index (χ1) is 15.3. The summed E-state index contributed by atoms with van der Waals surface area (Å²) in [5.74, 6) is -1.88. The second-order valence-corrected chi connectivity index (χ2v) is 12.6. The number of carbonyl (C=O) groups is 4. The number of amides is 2. The summed E-state index contributed by atoms with van der Waals surface area (Å²) in [5.41, 5.74) is -1.21. The predicted molar refractivity (Wildman–Crippen MR) is 121 cm³/mol. The van der Waals surface area contributed by atoms with Gasteiger partial charge in [0, 0.05) is 12.1 Å². The lowest BCUT2D eigenvalue weighted by Gasteiger charge is -2.28. The Morgan fingerprint density at radius 1 is 0.676 bits per heavy atom. The van der Waals surface area contributed by atoms with Crippen molar-refractivity contribution in [1.82, 2.24) is 9.80 Å². The second kappa shape index (κ2) is 8.02. The highest BCUT2D eigenvalue weighted by atomic mass is 16.6. The van der Waals surface area contributed by atoms with Crippen molar-refractivity contribution < 1.29 is 38.9 Å². The van der Waals surface area contributed by atoms with Crippen molar-refractivity contribution in [3.05, 3.63) is 0 Å². The number of aliphatic carboxylic acids is 2. The third kappa shape index (κ3) is 5.25. The monoisotopic (exact) mass is 482 g/mol. The van der Waals surface area contributed by atoms with E-state index in [0.717, 1.165) is 12.8 Å². The maximum Gasteiger partial charge on any atom is 0.411 e. The number of carbonyl (C=O) groups excluding carboxylic acids is 2. The normalized spacial score (nSPS) is 35.4. The Bertz CT molecular complexity index is 818. The van der Waals surface area contributed by atoms with Gasteiger partial charge in [0.15, 0.2) is 0 Å². The molecule has 2 saturated heterocycles. The molecule has 6 atom stereocenters. The minimum Gasteiger partial charge on any atom is -0.480 e. The summed E-state index contributed by atoms with van der Waals surface area (Å²) in [5, 5.41) is 18.3. The molecule has 2 heterocycles. The lowest BCUT2D eigenvalue weighted by Crippen LogP contribution is -2.45. The third-order valence-electron chi connectivity index (χ3n) is 7.05. The summed E-state index contributed by atoms with van der Waals surface area (Å²) in [6, 6.07) is -1.38. The van der Waals surface area contributed by atoms with Crippen LogP contribution >= 0.6 is 0 Å². The summed E-state index contributed by atoms with van der Waals surface area (Å²) < 4.78 is 10.5. The molecular formula is C24H38N2O8. The molecule has 2 aliphatic carbocycles. The molecule has 0 bridgehead atoms. The summed E-state index contributed by atoms with van der Waals surface area (Å²) in [6.07, 6.45) is 1.83. The second-order valence-electron chi connectivity index (χ2n) is 12.6. The molecule has 2 saturated carbocycles. The van der Waals surface area contributed by atoms with Gasteiger partial charge in [0.2, 0.25) is 0 Å². The van der Waals surface area contributed by atoms with Gasteiger partial charge in [-0.3, -0.25) is 9.80 Å². The fourth-order valence-electron chi connectivity index (χ4n) is 5.14. The number of piperidine rings is 2. The molecule has 2 amide bonds. The van der Waals surface area contributed by atoms with Gasteiger partial charge in [-0.05, 0) is 78.1 Å². The molecule has 0 aromatic heterocycles. The van der Waals surface area contributed by atoms with Crippen LogP contribution in [0.2, 0.25) is 0 Å². The highest BCUT2D eigenvalue weighted by Gasteiger charge is 2.66. The van der Waals surface area contributed by atoms with Gasteiger partial charge in [0.25, 0.3) is 0 Å². The zero-order valence-electron chi connectivity index (χ0n) is 21.4. The Labute approximate surface area is 200 Å². The van der Waals surface area contributed by atoms with Crippen molar-refractivity contribution in [2.75, 3.05) is 0 Å². The molecule has 4 aliphatic rings. The molecule has 0 aromatic rings. The van der Waals surface area contributed by atoms with Crippen molar-refractivity contribution in [3.8, 4) is 0 Å². The van der Waals surface area contributed by atoms with Gasteiger partial charge >= 0.3 is 24.1 Å². The number of carboxylic acids is 2. The van der Waals surface area contributed by atoms with Crippen LogP contribution in [0.3, 0.4) is 0 Å². The summed E-state index contributed by atoms with van der Waals surface area (Å²) in [6.45, 7) is 14.7. The van der Waals surface area contributed by atoms with Gasteiger partial charge < -0.3 is 19.7 Å². The van der Waals surface area contributed by atoms with E-state index in [1.807, 2.05) is 13.8 Å². The van der Waals surface area contributed by atoms with Crippen LogP contribution in [0.4, 0.5) is 9.59 Å². The Hall–Kier alpha value is -2.52. The van der Waals surface area contributed by atoms with Crippen molar-refractivity contribution in [2.45, 2.75) is 116 Å². The first kappa shape index (κ1) is 26.1. The molecule has 0 aromatic carbocycles. The van der Waals surface area contributed by atoms with Gasteiger partial charge in [-0.25, -0.2) is 19.2 Å². The number of nitrogens with zero attached hydrogens (tertiary/aromatic N) is 2. The molecular weight excluding hydrogens is 444 g/mol. The van der Waals surface area contributed by atoms with Gasteiger partial charge in [-0.15, -0.1) is 0 Å². The van der Waals surface area contributed by atoms with Gasteiger partial charge in [0.1, 0.15) is 23.3 Å². The molecule has 34 heavy (non-hydrogen) atoms. The van der Waals surface area contributed by atoms with E-state index in [-0.39, 0.29) is 22.9 Å². The summed E-state index contributed by atoms with van der Waals surface area (Å²) >= 11 is 0. The van der Waals surface area contributed by atoms with E-state index in [4.69, 9.17) is 19.7 Å². The Morgan fingerprint density at radius 2 is 0.971 bits per heavy atom. The fraction of sp³-hybridized carbons (Fsp3) is 0.833. The molecule has 0 radical (unpaired) electrons. The quantitative estimate of drug-likeness (QED) is 0.608. The van der Waals surface area contributed by atoms with Crippen LogP contribution < -0.4 is 0 Å². The summed E-state index contributed by atoms with van der Waals surface area (Å²) in [7, 11) is 0. The van der Waals surface area contributed by atoms with Gasteiger partial charge in [-0.1, -0.05) is 13.8 Å². The van der Waals surface area contributed by atoms with Crippen LogP contribution in [0.5, 0.6) is 0 Å². The highest BCUT2D eigenvalue weighted by molar-refractivity contribution is 5.83. The van der Waals surface area contributed by atoms with Crippen LogP contribution in [-0.2, 0) is 19.1 Å². The third-order valence-corrected chi connectivity index (χ3v) is 7.05. The van der Waals surface area contributed by atoms with Crippen molar-refractivity contribution in [2.24, 2.45) is 10.8 Å². The van der Waals surface area contributed by atoms with Crippen LogP contribution in [0, 0.1) is 10.8 Å². The van der Waals surface area contributed by atoms with Crippen LogP contribution in [0.1, 0.15) is 81.1 Å². The average molecular weight is 483 g/mol. The molecule has 0 unspecified atom stereocenters. The standard InChI is InChI=1S/2C12H19NO4/c2*1-11(2,3)17-10(16)13-7(9(14)15)5-12(4)6-8(12)13/h2*7-8H,5-6H2,1-4H3,(H,14,15)/t2*7-,8+,12-/m10/s1. The maximum absolute atomic E-state index is 12.0. The number of ether oxygens (including phenoxy) is 2. The van der Waals surface area contributed by atoms with E-state index < -0.39 is 47.4 Å². The average Bonchev–Trinajstić information content (AvgIpc) is 3.40. The fourth-order valence-corrected chi connectivity index (χ4v) is 5.14. The first-order valence-corrected chi connectivity index (χ1v) is 11.8. The molecule has 192 valence electrons. The van der Waals surface area contributed by atoms with Gasteiger partial charge in [-0.2, -0.15) is 0 Å². The zero-order valence-corrected chi connectivity index (χ0v) is 21.4. The van der Waals surface area contributed by atoms with Crippen molar-refractivity contribution >= 4 is 24.1 Å². The van der Waals surface area contributed by atoms with Crippen molar-refractivity contribution in [1.29, 1.82) is 0 Å². The van der Waals surface area contributed by atoms with Crippen LogP contribution in [-0.4, -0.2) is 79.5 Å². The highest BCUT2D eigenvalue weighted by Crippen LogP contribution is 2.60. The molecule has 2 N–H and O–H groups in total.